The number of hydrogen-bond acceptors (Lipinski definition) is 1. The van der Waals surface area contributed by atoms with E-state index in [4.69, 9.17) is 4.74 Å². The Morgan fingerprint density at radius 3 is 1.58 bits per heavy atom. The lowest BCUT2D eigenvalue weighted by Crippen LogP contribution is -2.19. The second-order valence-electron chi connectivity index (χ2n) is 6.24. The predicted molar refractivity (Wildman–Crippen MR) is 86.7 cm³/mol. The molecule has 0 radical (unpaired) electrons. The number of unbranched alkanes of at least 4 members (excludes halogenated alkanes) is 9. The molecule has 0 heterocycles. The van der Waals surface area contributed by atoms with E-state index >= 15 is 0 Å². The fourth-order valence-corrected chi connectivity index (χ4v) is 2.61. The van der Waals surface area contributed by atoms with E-state index in [2.05, 4.69) is 27.7 Å². The van der Waals surface area contributed by atoms with Crippen LogP contribution < -0.4 is 0 Å². The Balaban J connectivity index is 3.14. The SMILES string of the molecule is CCCCCCCCCCCCOC(CC)C(C)C. The molecule has 1 heteroatoms. The molecule has 0 aromatic rings. The third-order valence-corrected chi connectivity index (χ3v) is 3.98. The Morgan fingerprint density at radius 2 is 1.16 bits per heavy atom. The molecule has 0 aromatic carbocycles. The van der Waals surface area contributed by atoms with Gasteiger partial charge in [-0.1, -0.05) is 85.5 Å². The fourth-order valence-electron chi connectivity index (χ4n) is 2.61. The predicted octanol–water partition coefficient (Wildman–Crippen LogP) is 6.36. The van der Waals surface area contributed by atoms with Crippen LogP contribution in [0.3, 0.4) is 0 Å². The third kappa shape index (κ3) is 12.7. The van der Waals surface area contributed by atoms with Crippen molar-refractivity contribution >= 4 is 0 Å². The maximum absolute atomic E-state index is 5.92. The van der Waals surface area contributed by atoms with Crippen LogP contribution in [-0.2, 0) is 4.74 Å². The van der Waals surface area contributed by atoms with E-state index in [-0.39, 0.29) is 0 Å². The summed E-state index contributed by atoms with van der Waals surface area (Å²) in [7, 11) is 0. The van der Waals surface area contributed by atoms with E-state index in [1.807, 2.05) is 0 Å². The Labute approximate surface area is 122 Å². The van der Waals surface area contributed by atoms with Crippen LogP contribution in [0.4, 0.5) is 0 Å². The van der Waals surface area contributed by atoms with Crippen LogP contribution in [0.5, 0.6) is 0 Å². The lowest BCUT2D eigenvalue weighted by atomic mass is 10.0. The maximum atomic E-state index is 5.92. The molecule has 0 aliphatic heterocycles. The normalized spacial score (nSPS) is 13.1. The highest BCUT2D eigenvalue weighted by atomic mass is 16.5. The zero-order chi connectivity index (χ0) is 14.3. The van der Waals surface area contributed by atoms with Gasteiger partial charge in [0.15, 0.2) is 0 Å². The van der Waals surface area contributed by atoms with E-state index in [9.17, 15) is 0 Å². The van der Waals surface area contributed by atoms with Gasteiger partial charge in [-0.3, -0.25) is 0 Å². The number of hydrogen-bond donors (Lipinski definition) is 0. The highest BCUT2D eigenvalue weighted by Gasteiger charge is 2.10. The van der Waals surface area contributed by atoms with Crippen LogP contribution in [-0.4, -0.2) is 12.7 Å². The molecule has 0 aromatic heterocycles. The standard InChI is InChI=1S/C18H38O/c1-5-7-8-9-10-11-12-13-14-15-16-19-18(6-2)17(3)4/h17-18H,5-16H2,1-4H3. The maximum Gasteiger partial charge on any atom is 0.0595 e. The van der Waals surface area contributed by atoms with Crippen LogP contribution in [0.2, 0.25) is 0 Å². The van der Waals surface area contributed by atoms with Crippen molar-refractivity contribution in [2.24, 2.45) is 5.92 Å². The summed E-state index contributed by atoms with van der Waals surface area (Å²) in [6, 6.07) is 0. The molecule has 0 fully saturated rings. The smallest absolute Gasteiger partial charge is 0.0595 e. The van der Waals surface area contributed by atoms with Crippen molar-refractivity contribution in [3.8, 4) is 0 Å². The molecule has 0 saturated heterocycles. The van der Waals surface area contributed by atoms with Crippen LogP contribution >= 0.6 is 0 Å². The highest BCUT2D eigenvalue weighted by molar-refractivity contribution is 4.59. The van der Waals surface area contributed by atoms with Crippen LogP contribution in [0.15, 0.2) is 0 Å². The molecule has 0 saturated carbocycles. The van der Waals surface area contributed by atoms with Crippen molar-refractivity contribution < 1.29 is 4.74 Å². The van der Waals surface area contributed by atoms with Crippen molar-refractivity contribution in [2.75, 3.05) is 6.61 Å². The lowest BCUT2D eigenvalue weighted by molar-refractivity contribution is 0.0179. The summed E-state index contributed by atoms with van der Waals surface area (Å²) in [6.45, 7) is 9.99. The minimum Gasteiger partial charge on any atom is -0.378 e. The van der Waals surface area contributed by atoms with Crippen molar-refractivity contribution in [1.29, 1.82) is 0 Å². The first-order valence-electron chi connectivity index (χ1n) is 8.83. The Bertz CT molecular complexity index is 165. The van der Waals surface area contributed by atoms with Gasteiger partial charge in [0.2, 0.25) is 0 Å². The summed E-state index contributed by atoms with van der Waals surface area (Å²) in [4.78, 5) is 0. The van der Waals surface area contributed by atoms with E-state index in [1.165, 1.54) is 64.2 Å². The van der Waals surface area contributed by atoms with Gasteiger partial charge < -0.3 is 4.74 Å². The summed E-state index contributed by atoms with van der Waals surface area (Å²) >= 11 is 0. The second-order valence-corrected chi connectivity index (χ2v) is 6.24. The molecule has 116 valence electrons. The zero-order valence-corrected chi connectivity index (χ0v) is 14.0. The van der Waals surface area contributed by atoms with Gasteiger partial charge in [-0.05, 0) is 18.8 Å². The third-order valence-electron chi connectivity index (χ3n) is 3.98. The molecule has 0 N–H and O–H groups in total. The quantitative estimate of drug-likeness (QED) is 0.334. The van der Waals surface area contributed by atoms with Crippen molar-refractivity contribution in [3.05, 3.63) is 0 Å². The fraction of sp³-hybridized carbons (Fsp3) is 1.00. The van der Waals surface area contributed by atoms with Gasteiger partial charge in [0.05, 0.1) is 6.10 Å². The van der Waals surface area contributed by atoms with E-state index in [0.29, 0.717) is 12.0 Å². The molecule has 19 heavy (non-hydrogen) atoms. The number of ether oxygens (including phenoxy) is 1. The average molecular weight is 271 g/mol. The largest absolute Gasteiger partial charge is 0.378 e. The molecular weight excluding hydrogens is 232 g/mol. The Kier molecular flexibility index (Phi) is 14.3. The van der Waals surface area contributed by atoms with Gasteiger partial charge in [-0.2, -0.15) is 0 Å². The molecule has 0 amide bonds. The van der Waals surface area contributed by atoms with Gasteiger partial charge in [0.25, 0.3) is 0 Å². The molecule has 1 nitrogen and oxygen atoms in total. The topological polar surface area (TPSA) is 9.23 Å². The van der Waals surface area contributed by atoms with Gasteiger partial charge in [0, 0.05) is 6.61 Å². The second kappa shape index (κ2) is 14.4. The minimum atomic E-state index is 0.471. The lowest BCUT2D eigenvalue weighted by Gasteiger charge is -2.19. The molecule has 0 aliphatic rings. The number of rotatable bonds is 14. The molecule has 1 atom stereocenters. The monoisotopic (exact) mass is 270 g/mol. The first kappa shape index (κ1) is 19.0. The zero-order valence-electron chi connectivity index (χ0n) is 14.0. The summed E-state index contributed by atoms with van der Waals surface area (Å²) in [6.07, 6.45) is 15.6. The Morgan fingerprint density at radius 1 is 0.684 bits per heavy atom. The van der Waals surface area contributed by atoms with Crippen LogP contribution in [0, 0.1) is 5.92 Å². The molecule has 1 unspecified atom stereocenters. The summed E-state index contributed by atoms with van der Waals surface area (Å²) in [5.74, 6) is 0.660. The van der Waals surface area contributed by atoms with Crippen molar-refractivity contribution in [3.63, 3.8) is 0 Å². The first-order chi connectivity index (χ1) is 9.22. The molecular formula is C18H38O. The molecule has 0 bridgehead atoms. The highest BCUT2D eigenvalue weighted by Crippen LogP contribution is 2.13. The van der Waals surface area contributed by atoms with Gasteiger partial charge >= 0.3 is 0 Å². The molecule has 0 spiro atoms. The molecule has 0 rings (SSSR count). The first-order valence-corrected chi connectivity index (χ1v) is 8.83. The van der Waals surface area contributed by atoms with E-state index < -0.39 is 0 Å². The van der Waals surface area contributed by atoms with E-state index in [1.54, 1.807) is 0 Å². The average Bonchev–Trinajstić information content (AvgIpc) is 2.40. The van der Waals surface area contributed by atoms with E-state index in [0.717, 1.165) is 13.0 Å². The van der Waals surface area contributed by atoms with Crippen LogP contribution in [0.25, 0.3) is 0 Å². The van der Waals surface area contributed by atoms with Gasteiger partial charge in [-0.25, -0.2) is 0 Å². The summed E-state index contributed by atoms with van der Waals surface area (Å²) in [5.41, 5.74) is 0. The van der Waals surface area contributed by atoms with Gasteiger partial charge in [-0.15, -0.1) is 0 Å². The summed E-state index contributed by atoms with van der Waals surface area (Å²) in [5, 5.41) is 0. The van der Waals surface area contributed by atoms with Crippen LogP contribution in [0.1, 0.15) is 98.3 Å². The Hall–Kier alpha value is -0.0400. The minimum absolute atomic E-state index is 0.471. The van der Waals surface area contributed by atoms with Crippen molar-refractivity contribution in [1.82, 2.24) is 0 Å². The van der Waals surface area contributed by atoms with Gasteiger partial charge in [0.1, 0.15) is 0 Å². The molecule has 0 aliphatic carbocycles. The summed E-state index contributed by atoms with van der Waals surface area (Å²) < 4.78 is 5.92. The van der Waals surface area contributed by atoms with Crippen molar-refractivity contribution in [2.45, 2.75) is 104 Å².